The summed E-state index contributed by atoms with van der Waals surface area (Å²) in [7, 11) is 3.25. The molecule has 1 heterocycles. The molecule has 7 heteroatoms. The van der Waals surface area contributed by atoms with Crippen LogP contribution in [0, 0.1) is 0 Å². The smallest absolute Gasteiger partial charge is 0.274 e. The highest BCUT2D eigenvalue weighted by Gasteiger charge is 2.15. The van der Waals surface area contributed by atoms with Gasteiger partial charge in [-0.05, 0) is 23.8 Å². The van der Waals surface area contributed by atoms with E-state index < -0.39 is 0 Å². The summed E-state index contributed by atoms with van der Waals surface area (Å²) in [5.74, 6) is -0.237. The summed E-state index contributed by atoms with van der Waals surface area (Å²) in [5, 5.41) is 4.11. The molecule has 122 valence electrons. The Morgan fingerprint density at radius 3 is 2.61 bits per heavy atom. The van der Waals surface area contributed by atoms with Crippen LogP contribution in [0.2, 0.25) is 0 Å². The number of nitrogens with zero attached hydrogens (tertiary/aromatic N) is 3. The molecule has 1 aromatic carbocycles. The molecule has 0 aliphatic heterocycles. The van der Waals surface area contributed by atoms with Crippen LogP contribution in [0.25, 0.3) is 0 Å². The molecule has 6 nitrogen and oxygen atoms in total. The second kappa shape index (κ2) is 8.03. The van der Waals surface area contributed by atoms with Crippen LogP contribution in [0.3, 0.4) is 0 Å². The molecule has 0 aliphatic carbocycles. The van der Waals surface area contributed by atoms with Crippen LogP contribution in [0.15, 0.2) is 45.7 Å². The van der Waals surface area contributed by atoms with Crippen molar-refractivity contribution < 1.29 is 9.53 Å². The Morgan fingerprint density at radius 2 is 1.96 bits per heavy atom. The van der Waals surface area contributed by atoms with Crippen LogP contribution < -0.4 is 5.56 Å². The lowest BCUT2D eigenvalue weighted by Gasteiger charge is -2.17. The average Bonchev–Trinajstić information content (AvgIpc) is 2.55. The van der Waals surface area contributed by atoms with E-state index in [1.165, 1.54) is 16.8 Å². The van der Waals surface area contributed by atoms with E-state index in [1.807, 2.05) is 24.3 Å². The Hall–Kier alpha value is -1.99. The van der Waals surface area contributed by atoms with Crippen LogP contribution in [0.5, 0.6) is 0 Å². The average molecular weight is 380 g/mol. The van der Waals surface area contributed by atoms with Gasteiger partial charge < -0.3 is 9.64 Å². The van der Waals surface area contributed by atoms with E-state index in [0.29, 0.717) is 19.7 Å². The van der Waals surface area contributed by atoms with Crippen LogP contribution in [-0.2, 0) is 17.8 Å². The maximum Gasteiger partial charge on any atom is 0.274 e. The van der Waals surface area contributed by atoms with E-state index in [0.717, 1.165) is 10.0 Å². The summed E-state index contributed by atoms with van der Waals surface area (Å²) in [5.41, 5.74) is 0.992. The molecule has 0 fully saturated rings. The van der Waals surface area contributed by atoms with Crippen LogP contribution in [0.4, 0.5) is 0 Å². The van der Waals surface area contributed by atoms with Crippen molar-refractivity contribution in [2.45, 2.75) is 13.1 Å². The topological polar surface area (TPSA) is 64.4 Å². The van der Waals surface area contributed by atoms with Gasteiger partial charge in [0.1, 0.15) is 5.69 Å². The van der Waals surface area contributed by atoms with Crippen molar-refractivity contribution >= 4 is 21.8 Å². The van der Waals surface area contributed by atoms with Crippen molar-refractivity contribution in [1.29, 1.82) is 0 Å². The van der Waals surface area contributed by atoms with Gasteiger partial charge in [-0.2, -0.15) is 5.10 Å². The summed E-state index contributed by atoms with van der Waals surface area (Å²) in [6, 6.07) is 10.5. The zero-order valence-electron chi connectivity index (χ0n) is 13.0. The number of carbonyl (C=O) groups is 1. The summed E-state index contributed by atoms with van der Waals surface area (Å²) in [6.07, 6.45) is 0. The van der Waals surface area contributed by atoms with Gasteiger partial charge in [-0.1, -0.05) is 28.1 Å². The molecule has 0 N–H and O–H groups in total. The minimum absolute atomic E-state index is 0.236. The van der Waals surface area contributed by atoms with Gasteiger partial charge in [0.15, 0.2) is 0 Å². The second-order valence-corrected chi connectivity index (χ2v) is 5.98. The minimum atomic E-state index is -0.255. The van der Waals surface area contributed by atoms with Crippen LogP contribution in [0.1, 0.15) is 16.1 Å². The summed E-state index contributed by atoms with van der Waals surface area (Å²) >= 11 is 3.38. The van der Waals surface area contributed by atoms with Crippen molar-refractivity contribution in [2.24, 2.45) is 0 Å². The zero-order chi connectivity index (χ0) is 16.8. The van der Waals surface area contributed by atoms with E-state index in [-0.39, 0.29) is 17.2 Å². The Kier molecular flexibility index (Phi) is 6.06. The Morgan fingerprint density at radius 1 is 1.26 bits per heavy atom. The predicted molar refractivity (Wildman–Crippen MR) is 90.3 cm³/mol. The molecule has 0 radical (unpaired) electrons. The molecule has 0 atom stereocenters. The normalized spacial score (nSPS) is 10.6. The third-order valence-electron chi connectivity index (χ3n) is 3.27. The second-order valence-electron chi connectivity index (χ2n) is 5.06. The number of methoxy groups -OCH3 is 1. The highest BCUT2D eigenvalue weighted by molar-refractivity contribution is 9.10. The Balaban J connectivity index is 2.12. The van der Waals surface area contributed by atoms with Crippen molar-refractivity contribution in [3.63, 3.8) is 0 Å². The molecule has 0 saturated heterocycles. The van der Waals surface area contributed by atoms with Crippen LogP contribution >= 0.6 is 15.9 Å². The molecule has 1 amide bonds. The Labute approximate surface area is 142 Å². The quantitative estimate of drug-likeness (QED) is 0.768. The predicted octanol–water partition coefficient (Wildman–Crippen LogP) is 1.92. The number of benzene rings is 1. The Bertz CT molecular complexity index is 728. The molecule has 0 saturated carbocycles. The van der Waals surface area contributed by atoms with Crippen molar-refractivity contribution in [2.75, 3.05) is 20.8 Å². The van der Waals surface area contributed by atoms with Gasteiger partial charge >= 0.3 is 0 Å². The number of rotatable bonds is 6. The van der Waals surface area contributed by atoms with Gasteiger partial charge in [0.2, 0.25) is 0 Å². The van der Waals surface area contributed by atoms with Crippen molar-refractivity contribution in [3.8, 4) is 0 Å². The molecule has 1 aromatic heterocycles. The first-order valence-electron chi connectivity index (χ1n) is 7.08. The maximum absolute atomic E-state index is 12.5. The first-order valence-corrected chi connectivity index (χ1v) is 7.87. The van der Waals surface area contributed by atoms with Gasteiger partial charge in [0, 0.05) is 31.2 Å². The maximum atomic E-state index is 12.5. The molecule has 0 spiro atoms. The number of hydrogen-bond donors (Lipinski definition) is 0. The number of halogens is 1. The first-order chi connectivity index (χ1) is 11.0. The highest BCUT2D eigenvalue weighted by Crippen LogP contribution is 2.12. The fraction of sp³-hybridized carbons (Fsp3) is 0.312. The third kappa shape index (κ3) is 4.74. The molecule has 2 rings (SSSR count). The van der Waals surface area contributed by atoms with Gasteiger partial charge in [0.25, 0.3) is 11.5 Å². The molecular formula is C16H18BrN3O3. The lowest BCUT2D eigenvalue weighted by atomic mass is 10.2. The summed E-state index contributed by atoms with van der Waals surface area (Å²) in [4.78, 5) is 25.7. The molecule has 23 heavy (non-hydrogen) atoms. The lowest BCUT2D eigenvalue weighted by Crippen LogP contribution is -2.31. The number of aromatic nitrogens is 2. The zero-order valence-corrected chi connectivity index (χ0v) is 14.6. The fourth-order valence-corrected chi connectivity index (χ4v) is 2.30. The number of carbonyl (C=O) groups excluding carboxylic acids is 1. The van der Waals surface area contributed by atoms with E-state index in [2.05, 4.69) is 21.0 Å². The summed E-state index contributed by atoms with van der Waals surface area (Å²) < 4.78 is 7.17. The minimum Gasteiger partial charge on any atom is -0.383 e. The monoisotopic (exact) mass is 379 g/mol. The summed E-state index contributed by atoms with van der Waals surface area (Å²) in [6.45, 7) is 1.14. The van der Waals surface area contributed by atoms with Gasteiger partial charge in [-0.3, -0.25) is 9.59 Å². The van der Waals surface area contributed by atoms with E-state index in [1.54, 1.807) is 19.1 Å². The fourth-order valence-electron chi connectivity index (χ4n) is 2.03. The van der Waals surface area contributed by atoms with E-state index in [4.69, 9.17) is 4.74 Å². The highest BCUT2D eigenvalue weighted by atomic mass is 79.9. The van der Waals surface area contributed by atoms with Gasteiger partial charge in [-0.15, -0.1) is 0 Å². The van der Waals surface area contributed by atoms with Crippen molar-refractivity contribution in [3.05, 3.63) is 62.5 Å². The SMILES string of the molecule is COCCn1nc(C(=O)N(C)Cc2ccc(Br)cc2)ccc1=O. The third-order valence-corrected chi connectivity index (χ3v) is 3.80. The van der Waals surface area contributed by atoms with Crippen molar-refractivity contribution in [1.82, 2.24) is 14.7 Å². The molecule has 0 aliphatic rings. The molecule has 0 bridgehead atoms. The number of ether oxygens (including phenoxy) is 1. The molecular weight excluding hydrogens is 362 g/mol. The van der Waals surface area contributed by atoms with E-state index in [9.17, 15) is 9.59 Å². The van der Waals surface area contributed by atoms with Gasteiger partial charge in [0.05, 0.1) is 13.2 Å². The lowest BCUT2D eigenvalue weighted by molar-refractivity contribution is 0.0775. The largest absolute Gasteiger partial charge is 0.383 e. The molecule has 2 aromatic rings. The molecule has 0 unspecified atom stereocenters. The first kappa shape index (κ1) is 17.4. The van der Waals surface area contributed by atoms with E-state index >= 15 is 0 Å². The number of amides is 1. The van der Waals surface area contributed by atoms with Crippen LogP contribution in [-0.4, -0.2) is 41.4 Å². The number of hydrogen-bond acceptors (Lipinski definition) is 4. The van der Waals surface area contributed by atoms with Gasteiger partial charge in [-0.25, -0.2) is 4.68 Å². The standard InChI is InChI=1S/C16H18BrN3O3/c1-19(11-12-3-5-13(17)6-4-12)16(22)14-7-8-15(21)20(18-14)9-10-23-2/h3-8H,9-11H2,1-2H3.